The molecule has 2 nitrogen and oxygen atoms in total. The molecule has 21 heavy (non-hydrogen) atoms. The van der Waals surface area contributed by atoms with Crippen LogP contribution in [-0.2, 0) is 0 Å². The van der Waals surface area contributed by atoms with Gasteiger partial charge >= 0.3 is 0 Å². The number of pyridine rings is 1. The highest BCUT2D eigenvalue weighted by Gasteiger charge is 2.23. The molecule has 0 saturated heterocycles. The van der Waals surface area contributed by atoms with Gasteiger partial charge in [-0.3, -0.25) is 4.98 Å². The van der Waals surface area contributed by atoms with E-state index < -0.39 is 17.5 Å². The second-order valence-electron chi connectivity index (χ2n) is 4.88. The van der Waals surface area contributed by atoms with Crippen molar-refractivity contribution in [2.75, 3.05) is 6.54 Å². The largest absolute Gasteiger partial charge is 0.310 e. The van der Waals surface area contributed by atoms with Gasteiger partial charge in [-0.05, 0) is 36.4 Å². The fourth-order valence-corrected chi connectivity index (χ4v) is 2.37. The van der Waals surface area contributed by atoms with Gasteiger partial charge in [-0.2, -0.15) is 0 Å². The van der Waals surface area contributed by atoms with Gasteiger partial charge < -0.3 is 5.32 Å². The molecule has 0 aliphatic heterocycles. The smallest absolute Gasteiger partial charge is 0.194 e. The number of benzene rings is 1. The lowest BCUT2D eigenvalue weighted by atomic mass is 9.91. The first-order chi connectivity index (χ1) is 10.0. The highest BCUT2D eigenvalue weighted by molar-refractivity contribution is 5.26. The highest BCUT2D eigenvalue weighted by atomic mass is 19.2. The number of nitrogens with one attached hydrogen (secondary N) is 1. The summed E-state index contributed by atoms with van der Waals surface area (Å²) in [6.45, 7) is 4.42. The number of halogens is 3. The standard InChI is InChI=1S/C16H17F3N2/c1-3-20-16(10(2)14-6-4-5-7-21-14)11-8-12(17)15(19)13(18)9-11/h4-10,16,20H,3H2,1-2H3. The molecule has 0 radical (unpaired) electrons. The van der Waals surface area contributed by atoms with E-state index in [4.69, 9.17) is 0 Å². The normalized spacial score (nSPS) is 14.0. The zero-order valence-corrected chi connectivity index (χ0v) is 11.9. The number of likely N-dealkylation sites (N-methyl/N-ethyl adjacent to an activating group) is 1. The lowest BCUT2D eigenvalue weighted by molar-refractivity contribution is 0.429. The molecule has 5 heteroatoms. The molecule has 1 N–H and O–H groups in total. The van der Waals surface area contributed by atoms with E-state index in [9.17, 15) is 13.2 Å². The van der Waals surface area contributed by atoms with Crippen LogP contribution in [0.15, 0.2) is 36.5 Å². The van der Waals surface area contributed by atoms with Crippen LogP contribution in [0.4, 0.5) is 13.2 Å². The first kappa shape index (κ1) is 15.5. The molecule has 1 aromatic carbocycles. The van der Waals surface area contributed by atoms with Gasteiger partial charge in [0, 0.05) is 23.9 Å². The molecule has 112 valence electrons. The number of rotatable bonds is 5. The van der Waals surface area contributed by atoms with E-state index >= 15 is 0 Å². The summed E-state index contributed by atoms with van der Waals surface area (Å²) in [5, 5.41) is 3.18. The van der Waals surface area contributed by atoms with Crippen molar-refractivity contribution in [2.45, 2.75) is 25.8 Å². The van der Waals surface area contributed by atoms with E-state index in [1.807, 2.05) is 26.0 Å². The number of hydrogen-bond acceptors (Lipinski definition) is 2. The summed E-state index contributed by atoms with van der Waals surface area (Å²) < 4.78 is 40.0. The Balaban J connectivity index is 2.39. The molecule has 0 aliphatic rings. The quantitative estimate of drug-likeness (QED) is 0.845. The lowest BCUT2D eigenvalue weighted by Crippen LogP contribution is -2.26. The Hall–Kier alpha value is -1.88. The Kier molecular flexibility index (Phi) is 4.96. The van der Waals surface area contributed by atoms with E-state index in [0.29, 0.717) is 12.1 Å². The Morgan fingerprint density at radius 1 is 1.14 bits per heavy atom. The van der Waals surface area contributed by atoms with Gasteiger partial charge in [0.15, 0.2) is 17.5 Å². The van der Waals surface area contributed by atoms with Crippen LogP contribution in [0.5, 0.6) is 0 Å². The topological polar surface area (TPSA) is 24.9 Å². The maximum atomic E-state index is 13.4. The van der Waals surface area contributed by atoms with Crippen LogP contribution >= 0.6 is 0 Å². The number of nitrogens with zero attached hydrogens (tertiary/aromatic N) is 1. The number of hydrogen-bond donors (Lipinski definition) is 1. The average molecular weight is 294 g/mol. The molecule has 0 amide bonds. The molecular formula is C16H17F3N2. The monoisotopic (exact) mass is 294 g/mol. The molecule has 0 saturated carbocycles. The Labute approximate surface area is 122 Å². The molecule has 0 spiro atoms. The summed E-state index contributed by atoms with van der Waals surface area (Å²) >= 11 is 0. The molecular weight excluding hydrogens is 277 g/mol. The number of aromatic nitrogens is 1. The van der Waals surface area contributed by atoms with Crippen LogP contribution < -0.4 is 5.32 Å². The Morgan fingerprint density at radius 2 is 1.81 bits per heavy atom. The maximum absolute atomic E-state index is 13.4. The van der Waals surface area contributed by atoms with Crippen molar-refractivity contribution in [3.05, 3.63) is 65.2 Å². The minimum Gasteiger partial charge on any atom is -0.310 e. The van der Waals surface area contributed by atoms with E-state index in [-0.39, 0.29) is 12.0 Å². The minimum absolute atomic E-state index is 0.115. The molecule has 0 bridgehead atoms. The van der Waals surface area contributed by atoms with Crippen molar-refractivity contribution >= 4 is 0 Å². The van der Waals surface area contributed by atoms with Gasteiger partial charge in [-0.1, -0.05) is 19.9 Å². The third-order valence-corrected chi connectivity index (χ3v) is 3.44. The average Bonchev–Trinajstić information content (AvgIpc) is 2.50. The SMILES string of the molecule is CCNC(c1cc(F)c(F)c(F)c1)C(C)c1ccccn1. The summed E-state index contributed by atoms with van der Waals surface area (Å²) in [6.07, 6.45) is 1.67. The molecule has 2 aromatic rings. The van der Waals surface area contributed by atoms with Crippen molar-refractivity contribution < 1.29 is 13.2 Å². The molecule has 0 fully saturated rings. The van der Waals surface area contributed by atoms with E-state index in [1.165, 1.54) is 0 Å². The first-order valence-corrected chi connectivity index (χ1v) is 6.83. The predicted octanol–water partition coefficient (Wildman–Crippen LogP) is 3.95. The molecule has 2 unspecified atom stereocenters. The molecule has 1 heterocycles. The second kappa shape index (κ2) is 6.72. The summed E-state index contributed by atoms with van der Waals surface area (Å²) in [6, 6.07) is 7.22. The molecule has 1 aromatic heterocycles. The van der Waals surface area contributed by atoms with Gasteiger partial charge in [0.05, 0.1) is 0 Å². The van der Waals surface area contributed by atoms with E-state index in [1.54, 1.807) is 12.3 Å². The summed E-state index contributed by atoms with van der Waals surface area (Å²) in [7, 11) is 0. The van der Waals surface area contributed by atoms with Crippen LogP contribution in [0.25, 0.3) is 0 Å². The maximum Gasteiger partial charge on any atom is 0.194 e. The van der Waals surface area contributed by atoms with Crippen molar-refractivity contribution in [2.24, 2.45) is 0 Å². The Bertz CT molecular complexity index is 579. The van der Waals surface area contributed by atoms with Crippen molar-refractivity contribution in [3.8, 4) is 0 Å². The fourth-order valence-electron chi connectivity index (χ4n) is 2.37. The van der Waals surface area contributed by atoms with Crippen molar-refractivity contribution in [3.63, 3.8) is 0 Å². The first-order valence-electron chi connectivity index (χ1n) is 6.83. The van der Waals surface area contributed by atoms with E-state index in [2.05, 4.69) is 10.3 Å². The minimum atomic E-state index is -1.44. The van der Waals surface area contributed by atoms with Crippen molar-refractivity contribution in [1.29, 1.82) is 0 Å². The third kappa shape index (κ3) is 3.42. The van der Waals surface area contributed by atoms with Gasteiger partial charge in [0.25, 0.3) is 0 Å². The second-order valence-corrected chi connectivity index (χ2v) is 4.88. The summed E-state index contributed by atoms with van der Waals surface area (Å²) in [4.78, 5) is 4.27. The zero-order valence-electron chi connectivity index (χ0n) is 11.9. The summed E-state index contributed by atoms with van der Waals surface area (Å²) in [5.41, 5.74) is 1.17. The zero-order chi connectivity index (χ0) is 15.4. The molecule has 2 rings (SSSR count). The van der Waals surface area contributed by atoms with Crippen molar-refractivity contribution in [1.82, 2.24) is 10.3 Å². The van der Waals surface area contributed by atoms with Gasteiger partial charge in [-0.15, -0.1) is 0 Å². The van der Waals surface area contributed by atoms with Crippen LogP contribution in [-0.4, -0.2) is 11.5 Å². The van der Waals surface area contributed by atoms with Crippen LogP contribution in [0, 0.1) is 17.5 Å². The molecule has 2 atom stereocenters. The van der Waals surface area contributed by atoms with Crippen LogP contribution in [0.2, 0.25) is 0 Å². The van der Waals surface area contributed by atoms with Gasteiger partial charge in [0.2, 0.25) is 0 Å². The predicted molar refractivity (Wildman–Crippen MR) is 75.4 cm³/mol. The fraction of sp³-hybridized carbons (Fsp3) is 0.312. The van der Waals surface area contributed by atoms with Gasteiger partial charge in [0.1, 0.15) is 0 Å². The van der Waals surface area contributed by atoms with Crippen LogP contribution in [0.1, 0.15) is 37.1 Å². The molecule has 0 aliphatic carbocycles. The summed E-state index contributed by atoms with van der Waals surface area (Å²) in [5.74, 6) is -3.92. The van der Waals surface area contributed by atoms with Crippen LogP contribution in [0.3, 0.4) is 0 Å². The van der Waals surface area contributed by atoms with Gasteiger partial charge in [-0.25, -0.2) is 13.2 Å². The Morgan fingerprint density at radius 3 is 2.33 bits per heavy atom. The van der Waals surface area contributed by atoms with E-state index in [0.717, 1.165) is 17.8 Å². The third-order valence-electron chi connectivity index (χ3n) is 3.44. The lowest BCUT2D eigenvalue weighted by Gasteiger charge is -2.25. The highest BCUT2D eigenvalue weighted by Crippen LogP contribution is 2.30.